The Labute approximate surface area is 130 Å². The molecule has 21 heavy (non-hydrogen) atoms. The van der Waals surface area contributed by atoms with Gasteiger partial charge < -0.3 is 4.90 Å². The summed E-state index contributed by atoms with van der Waals surface area (Å²) in [6, 6.07) is 8.10. The first kappa shape index (κ1) is 14.8. The number of nitrogens with zero attached hydrogens (tertiary/aromatic N) is 2. The van der Waals surface area contributed by atoms with E-state index in [1.54, 1.807) is 0 Å². The Morgan fingerprint density at radius 2 is 1.86 bits per heavy atom. The van der Waals surface area contributed by atoms with E-state index in [-0.39, 0.29) is 4.87 Å². The Morgan fingerprint density at radius 3 is 2.67 bits per heavy atom. The van der Waals surface area contributed by atoms with E-state index in [2.05, 4.69) is 17.9 Å². The molecule has 0 atom stereocenters. The van der Waals surface area contributed by atoms with E-state index in [4.69, 9.17) is 0 Å². The molecule has 0 amide bonds. The Morgan fingerprint density at radius 1 is 1.14 bits per heavy atom. The lowest BCUT2D eigenvalue weighted by atomic mass is 9.99. The highest BCUT2D eigenvalue weighted by molar-refractivity contribution is 7.16. The van der Waals surface area contributed by atoms with Crippen molar-refractivity contribution in [2.45, 2.75) is 39.2 Å². The molecule has 1 aliphatic heterocycles. The van der Waals surface area contributed by atoms with Crippen molar-refractivity contribution < 1.29 is 0 Å². The van der Waals surface area contributed by atoms with E-state index < -0.39 is 0 Å². The van der Waals surface area contributed by atoms with Gasteiger partial charge in [-0.3, -0.25) is 9.36 Å². The summed E-state index contributed by atoms with van der Waals surface area (Å²) in [4.78, 5) is 14.8. The average molecular weight is 304 g/mol. The van der Waals surface area contributed by atoms with Gasteiger partial charge in [0.2, 0.25) is 0 Å². The molecule has 1 fully saturated rings. The fourth-order valence-electron chi connectivity index (χ4n) is 3.12. The summed E-state index contributed by atoms with van der Waals surface area (Å²) < 4.78 is 3.05. The molecule has 3 nitrogen and oxygen atoms in total. The Hall–Kier alpha value is -1.13. The number of fused-ring (bicyclic) bond motifs is 1. The number of para-hydroxylation sites is 1. The third-order valence-corrected chi connectivity index (χ3v) is 5.52. The van der Waals surface area contributed by atoms with Crippen molar-refractivity contribution in [1.29, 1.82) is 0 Å². The van der Waals surface area contributed by atoms with Gasteiger partial charge in [0, 0.05) is 6.54 Å². The lowest BCUT2D eigenvalue weighted by Gasteiger charge is -2.30. The first-order chi connectivity index (χ1) is 10.2. The lowest BCUT2D eigenvalue weighted by Crippen LogP contribution is -2.33. The minimum absolute atomic E-state index is 0.183. The fourth-order valence-corrected chi connectivity index (χ4v) is 4.03. The first-order valence-corrected chi connectivity index (χ1v) is 8.86. The van der Waals surface area contributed by atoms with E-state index in [1.807, 2.05) is 22.8 Å². The average Bonchev–Trinajstić information content (AvgIpc) is 2.81. The zero-order valence-electron chi connectivity index (χ0n) is 12.8. The molecule has 1 saturated heterocycles. The Balaban J connectivity index is 1.51. The summed E-state index contributed by atoms with van der Waals surface area (Å²) in [6.45, 7) is 6.90. The van der Waals surface area contributed by atoms with Crippen molar-refractivity contribution in [2.24, 2.45) is 5.92 Å². The predicted molar refractivity (Wildman–Crippen MR) is 90.2 cm³/mol. The molecule has 0 radical (unpaired) electrons. The van der Waals surface area contributed by atoms with Crippen LogP contribution in [0.25, 0.3) is 10.2 Å². The van der Waals surface area contributed by atoms with E-state index in [9.17, 15) is 4.79 Å². The standard InChI is InChI=1S/C17H24N2OS/c1-14-8-12-18(13-9-14)10-4-5-11-19-15-6-2-3-7-16(15)21-17(19)20/h2-3,6-7,14H,4-5,8-13H2,1H3. The number of aryl methyl sites for hydroxylation is 1. The molecule has 0 unspecified atom stereocenters. The summed E-state index contributed by atoms with van der Waals surface area (Å²) in [5.74, 6) is 0.900. The van der Waals surface area contributed by atoms with Gasteiger partial charge in [-0.2, -0.15) is 0 Å². The molecule has 114 valence electrons. The number of rotatable bonds is 5. The van der Waals surface area contributed by atoms with Crippen LogP contribution >= 0.6 is 11.3 Å². The maximum Gasteiger partial charge on any atom is 0.308 e. The predicted octanol–water partition coefficient (Wildman–Crippen LogP) is 3.58. The summed E-state index contributed by atoms with van der Waals surface area (Å²) in [5, 5.41) is 0. The zero-order valence-corrected chi connectivity index (χ0v) is 13.6. The molecule has 4 heteroatoms. The van der Waals surface area contributed by atoms with E-state index in [0.29, 0.717) is 0 Å². The summed E-state index contributed by atoms with van der Waals surface area (Å²) in [5.41, 5.74) is 1.10. The maximum atomic E-state index is 12.0. The molecule has 0 aliphatic carbocycles. The normalized spacial score (nSPS) is 17.6. The third-order valence-electron chi connectivity index (χ3n) is 4.56. The van der Waals surface area contributed by atoms with Crippen LogP contribution in [0.4, 0.5) is 0 Å². The molecule has 0 bridgehead atoms. The van der Waals surface area contributed by atoms with Crippen LogP contribution in [0.2, 0.25) is 0 Å². The lowest BCUT2D eigenvalue weighted by molar-refractivity contribution is 0.189. The quantitative estimate of drug-likeness (QED) is 0.789. The van der Waals surface area contributed by atoms with Crippen LogP contribution in [0.3, 0.4) is 0 Å². The van der Waals surface area contributed by atoms with E-state index in [1.165, 1.54) is 50.2 Å². The molecular weight excluding hydrogens is 280 g/mol. The molecule has 1 aromatic carbocycles. The molecule has 0 N–H and O–H groups in total. The number of thiazole rings is 1. The molecule has 1 aliphatic rings. The van der Waals surface area contributed by atoms with Gasteiger partial charge in [0.05, 0.1) is 10.2 Å². The number of unbranched alkanes of at least 4 members (excludes halogenated alkanes) is 1. The largest absolute Gasteiger partial charge is 0.308 e. The van der Waals surface area contributed by atoms with Crippen LogP contribution in [-0.4, -0.2) is 29.1 Å². The van der Waals surface area contributed by atoms with Crippen molar-refractivity contribution in [1.82, 2.24) is 9.47 Å². The zero-order chi connectivity index (χ0) is 14.7. The first-order valence-electron chi connectivity index (χ1n) is 8.05. The number of likely N-dealkylation sites (tertiary alicyclic amines) is 1. The number of piperidine rings is 1. The third kappa shape index (κ3) is 3.55. The Kier molecular flexibility index (Phi) is 4.76. The van der Waals surface area contributed by atoms with Crippen LogP contribution in [0.1, 0.15) is 32.6 Å². The van der Waals surface area contributed by atoms with Crippen LogP contribution < -0.4 is 4.87 Å². The molecule has 0 spiro atoms. The van der Waals surface area contributed by atoms with Crippen molar-refractivity contribution in [3.8, 4) is 0 Å². The van der Waals surface area contributed by atoms with Gasteiger partial charge in [-0.15, -0.1) is 0 Å². The minimum atomic E-state index is 0.183. The van der Waals surface area contributed by atoms with Gasteiger partial charge in [0.1, 0.15) is 0 Å². The van der Waals surface area contributed by atoms with Gasteiger partial charge in [0.25, 0.3) is 0 Å². The molecule has 2 heterocycles. The molecule has 0 saturated carbocycles. The fraction of sp³-hybridized carbons (Fsp3) is 0.588. The van der Waals surface area contributed by atoms with Crippen LogP contribution in [0, 0.1) is 5.92 Å². The van der Waals surface area contributed by atoms with Gasteiger partial charge in [0.15, 0.2) is 0 Å². The second-order valence-corrected chi connectivity index (χ2v) is 7.21. The monoisotopic (exact) mass is 304 g/mol. The second-order valence-electron chi connectivity index (χ2n) is 6.22. The van der Waals surface area contributed by atoms with E-state index in [0.717, 1.165) is 29.1 Å². The summed E-state index contributed by atoms with van der Waals surface area (Å²) in [7, 11) is 0. The molecular formula is C17H24N2OS. The van der Waals surface area contributed by atoms with Gasteiger partial charge >= 0.3 is 4.87 Å². The SMILES string of the molecule is CC1CCN(CCCCn2c(=O)sc3ccccc32)CC1. The van der Waals surface area contributed by atoms with Gasteiger partial charge in [-0.1, -0.05) is 30.4 Å². The summed E-state index contributed by atoms with van der Waals surface area (Å²) >= 11 is 1.36. The van der Waals surface area contributed by atoms with Crippen LogP contribution in [0.15, 0.2) is 29.1 Å². The van der Waals surface area contributed by atoms with Crippen molar-refractivity contribution in [3.63, 3.8) is 0 Å². The van der Waals surface area contributed by atoms with Crippen molar-refractivity contribution >= 4 is 21.6 Å². The highest BCUT2D eigenvalue weighted by Gasteiger charge is 2.14. The number of aromatic nitrogens is 1. The topological polar surface area (TPSA) is 25.2 Å². The van der Waals surface area contributed by atoms with Gasteiger partial charge in [-0.05, 0) is 63.4 Å². The minimum Gasteiger partial charge on any atom is -0.303 e. The van der Waals surface area contributed by atoms with Crippen LogP contribution in [-0.2, 0) is 6.54 Å². The Bertz CT molecular complexity index is 638. The number of hydrogen-bond donors (Lipinski definition) is 0. The maximum absolute atomic E-state index is 12.0. The van der Waals surface area contributed by atoms with E-state index >= 15 is 0 Å². The second kappa shape index (κ2) is 6.75. The highest BCUT2D eigenvalue weighted by Crippen LogP contribution is 2.18. The van der Waals surface area contributed by atoms with Gasteiger partial charge in [-0.25, -0.2) is 0 Å². The molecule has 3 rings (SSSR count). The smallest absolute Gasteiger partial charge is 0.303 e. The van der Waals surface area contributed by atoms with Crippen molar-refractivity contribution in [2.75, 3.05) is 19.6 Å². The molecule has 1 aromatic heterocycles. The number of benzene rings is 1. The summed E-state index contributed by atoms with van der Waals surface area (Å²) in [6.07, 6.45) is 4.96. The highest BCUT2D eigenvalue weighted by atomic mass is 32.1. The number of hydrogen-bond acceptors (Lipinski definition) is 3. The molecule has 2 aromatic rings. The van der Waals surface area contributed by atoms with Crippen LogP contribution in [0.5, 0.6) is 0 Å². The van der Waals surface area contributed by atoms with Crippen molar-refractivity contribution in [3.05, 3.63) is 33.9 Å².